The summed E-state index contributed by atoms with van der Waals surface area (Å²) in [7, 11) is 0. The molecule has 0 bridgehead atoms. The van der Waals surface area contributed by atoms with Crippen LogP contribution in [-0.2, 0) is 6.61 Å². The third kappa shape index (κ3) is 1.49. The monoisotopic (exact) mass is 285 g/mol. The minimum absolute atomic E-state index is 0.636. The van der Waals surface area contributed by atoms with E-state index in [2.05, 4.69) is 66.5 Å². The van der Waals surface area contributed by atoms with Gasteiger partial charge in [-0.1, -0.05) is 42.0 Å². The summed E-state index contributed by atoms with van der Waals surface area (Å²) in [5, 5.41) is 2.50. The smallest absolute Gasteiger partial charge is 0.151 e. The molecule has 0 atom stereocenters. The summed E-state index contributed by atoms with van der Waals surface area (Å²) in [5.74, 6) is 0.977. The molecule has 3 aromatic carbocycles. The van der Waals surface area contributed by atoms with Crippen molar-refractivity contribution in [1.82, 2.24) is 4.98 Å². The van der Waals surface area contributed by atoms with E-state index in [1.165, 1.54) is 33.0 Å². The molecule has 22 heavy (non-hydrogen) atoms. The topological polar surface area (TPSA) is 25.0 Å². The van der Waals surface area contributed by atoms with E-state index in [4.69, 9.17) is 4.74 Å². The number of hydrogen-bond donors (Lipinski definition) is 1. The Morgan fingerprint density at radius 2 is 1.82 bits per heavy atom. The zero-order chi connectivity index (χ0) is 14.7. The second kappa shape index (κ2) is 4.14. The van der Waals surface area contributed by atoms with Crippen LogP contribution in [-0.4, -0.2) is 4.98 Å². The van der Waals surface area contributed by atoms with Crippen LogP contribution in [0.4, 0.5) is 0 Å². The van der Waals surface area contributed by atoms with Crippen LogP contribution in [0, 0.1) is 6.92 Å². The molecular formula is C20H15NO. The first kappa shape index (κ1) is 11.9. The Bertz CT molecular complexity index is 1040. The summed E-state index contributed by atoms with van der Waals surface area (Å²) in [5.41, 5.74) is 7.25. The van der Waals surface area contributed by atoms with Gasteiger partial charge in [-0.15, -0.1) is 0 Å². The van der Waals surface area contributed by atoms with Gasteiger partial charge in [0, 0.05) is 21.9 Å². The molecule has 0 spiro atoms. The first-order chi connectivity index (χ1) is 10.8. The molecule has 0 aliphatic carbocycles. The molecule has 0 fully saturated rings. The largest absolute Gasteiger partial charge is 0.486 e. The number of hydrogen-bond acceptors (Lipinski definition) is 1. The first-order valence-electron chi connectivity index (χ1n) is 7.57. The van der Waals surface area contributed by atoms with Crippen LogP contribution < -0.4 is 4.74 Å². The van der Waals surface area contributed by atoms with E-state index in [0.717, 1.165) is 16.8 Å². The number of ether oxygens (including phenoxy) is 1. The summed E-state index contributed by atoms with van der Waals surface area (Å²) < 4.78 is 6.09. The highest BCUT2D eigenvalue weighted by Crippen LogP contribution is 2.43. The van der Waals surface area contributed by atoms with Crippen molar-refractivity contribution in [3.63, 3.8) is 0 Å². The second-order valence-corrected chi connectivity index (χ2v) is 5.98. The van der Waals surface area contributed by atoms with Crippen molar-refractivity contribution < 1.29 is 4.74 Å². The summed E-state index contributed by atoms with van der Waals surface area (Å²) in [6.07, 6.45) is 0. The molecule has 0 amide bonds. The number of benzene rings is 3. The van der Waals surface area contributed by atoms with Crippen LogP contribution in [0.1, 0.15) is 11.1 Å². The molecule has 0 radical (unpaired) electrons. The van der Waals surface area contributed by atoms with E-state index in [-0.39, 0.29) is 0 Å². The molecule has 5 rings (SSSR count). The molecular weight excluding hydrogens is 270 g/mol. The maximum atomic E-state index is 6.09. The van der Waals surface area contributed by atoms with Crippen LogP contribution in [0.5, 0.6) is 5.75 Å². The van der Waals surface area contributed by atoms with Crippen LogP contribution in [0.15, 0.2) is 54.6 Å². The molecule has 0 saturated heterocycles. The molecule has 106 valence electrons. The average Bonchev–Trinajstić information content (AvgIpc) is 2.92. The summed E-state index contributed by atoms with van der Waals surface area (Å²) in [4.78, 5) is 3.54. The Hall–Kier alpha value is -2.74. The lowest BCUT2D eigenvalue weighted by atomic mass is 9.95. The summed E-state index contributed by atoms with van der Waals surface area (Å²) in [6, 6.07) is 19.4. The van der Waals surface area contributed by atoms with Gasteiger partial charge in [-0.05, 0) is 36.2 Å². The van der Waals surface area contributed by atoms with E-state index in [1.807, 2.05) is 0 Å². The molecule has 1 aliphatic rings. The van der Waals surface area contributed by atoms with Gasteiger partial charge in [0.2, 0.25) is 0 Å². The van der Waals surface area contributed by atoms with E-state index < -0.39 is 0 Å². The second-order valence-electron chi connectivity index (χ2n) is 5.98. The number of aromatic nitrogens is 1. The van der Waals surface area contributed by atoms with Crippen LogP contribution in [0.25, 0.3) is 32.9 Å². The summed E-state index contributed by atoms with van der Waals surface area (Å²) >= 11 is 0. The van der Waals surface area contributed by atoms with Crippen molar-refractivity contribution in [1.29, 1.82) is 0 Å². The minimum atomic E-state index is 0.636. The van der Waals surface area contributed by atoms with Gasteiger partial charge in [0.15, 0.2) is 5.75 Å². The zero-order valence-electron chi connectivity index (χ0n) is 12.3. The van der Waals surface area contributed by atoms with Gasteiger partial charge in [0.1, 0.15) is 6.61 Å². The maximum absolute atomic E-state index is 6.09. The third-order valence-electron chi connectivity index (χ3n) is 4.56. The van der Waals surface area contributed by atoms with Crippen molar-refractivity contribution in [3.8, 4) is 16.9 Å². The molecule has 2 heterocycles. The predicted molar refractivity (Wildman–Crippen MR) is 90.3 cm³/mol. The summed E-state index contributed by atoms with van der Waals surface area (Å²) in [6.45, 7) is 2.76. The number of fused-ring (bicyclic) bond motifs is 7. The molecule has 4 aromatic rings. The van der Waals surface area contributed by atoms with E-state index >= 15 is 0 Å². The number of aromatic amines is 1. The first-order valence-corrected chi connectivity index (χ1v) is 7.57. The van der Waals surface area contributed by atoms with Crippen LogP contribution >= 0.6 is 0 Å². The van der Waals surface area contributed by atoms with E-state index in [1.54, 1.807) is 0 Å². The lowest BCUT2D eigenvalue weighted by molar-refractivity contribution is 0.305. The van der Waals surface area contributed by atoms with Gasteiger partial charge >= 0.3 is 0 Å². The lowest BCUT2D eigenvalue weighted by Gasteiger charge is -2.21. The van der Waals surface area contributed by atoms with Gasteiger partial charge in [0.05, 0.1) is 5.52 Å². The highest BCUT2D eigenvalue weighted by molar-refractivity contribution is 6.11. The number of aryl methyl sites for hydroxylation is 1. The van der Waals surface area contributed by atoms with Crippen molar-refractivity contribution in [2.45, 2.75) is 13.5 Å². The molecule has 0 saturated carbocycles. The van der Waals surface area contributed by atoms with Crippen molar-refractivity contribution in [2.75, 3.05) is 0 Å². The quantitative estimate of drug-likeness (QED) is 0.472. The fourth-order valence-electron chi connectivity index (χ4n) is 3.48. The van der Waals surface area contributed by atoms with Crippen LogP contribution in [0.3, 0.4) is 0 Å². The van der Waals surface area contributed by atoms with Crippen molar-refractivity contribution in [3.05, 3.63) is 65.7 Å². The standard InChI is InChI=1S/C20H15NO/c1-12-6-9-18-17(10-12)15-7-8-16-14-5-3-2-4-13(14)11-22-20(16)19(15)21-18/h2-10,21H,11H2,1H3. The third-order valence-corrected chi connectivity index (χ3v) is 4.56. The van der Waals surface area contributed by atoms with Crippen molar-refractivity contribution in [2.24, 2.45) is 0 Å². The Balaban J connectivity index is 1.89. The number of nitrogens with one attached hydrogen (secondary N) is 1. The maximum Gasteiger partial charge on any atom is 0.151 e. The molecule has 1 aromatic heterocycles. The Labute approximate surface area is 128 Å². The fourth-order valence-corrected chi connectivity index (χ4v) is 3.48. The average molecular weight is 285 g/mol. The molecule has 2 nitrogen and oxygen atoms in total. The Morgan fingerprint density at radius 3 is 2.77 bits per heavy atom. The van der Waals surface area contributed by atoms with E-state index in [0.29, 0.717) is 6.61 Å². The van der Waals surface area contributed by atoms with Gasteiger partial charge in [-0.25, -0.2) is 0 Å². The number of rotatable bonds is 0. The molecule has 2 heteroatoms. The Morgan fingerprint density at radius 1 is 0.909 bits per heavy atom. The zero-order valence-corrected chi connectivity index (χ0v) is 12.3. The SMILES string of the molecule is Cc1ccc2[nH]c3c4c(ccc3c2c1)-c1ccccc1CO4. The molecule has 1 aliphatic heterocycles. The van der Waals surface area contributed by atoms with Crippen LogP contribution in [0.2, 0.25) is 0 Å². The van der Waals surface area contributed by atoms with Gasteiger partial charge in [0.25, 0.3) is 0 Å². The van der Waals surface area contributed by atoms with E-state index in [9.17, 15) is 0 Å². The van der Waals surface area contributed by atoms with Gasteiger partial charge in [-0.2, -0.15) is 0 Å². The highest BCUT2D eigenvalue weighted by atomic mass is 16.5. The minimum Gasteiger partial charge on any atom is -0.486 e. The lowest BCUT2D eigenvalue weighted by Crippen LogP contribution is -2.05. The highest BCUT2D eigenvalue weighted by Gasteiger charge is 2.20. The molecule has 1 N–H and O–H groups in total. The Kier molecular flexibility index (Phi) is 2.23. The van der Waals surface area contributed by atoms with Crippen molar-refractivity contribution >= 4 is 21.8 Å². The van der Waals surface area contributed by atoms with Gasteiger partial charge < -0.3 is 9.72 Å². The number of H-pyrrole nitrogens is 1. The normalized spacial score (nSPS) is 13.0. The molecule has 0 unspecified atom stereocenters. The predicted octanol–water partition coefficient (Wildman–Crippen LogP) is 5.19. The van der Waals surface area contributed by atoms with Gasteiger partial charge in [-0.3, -0.25) is 0 Å². The fraction of sp³-hybridized carbons (Fsp3) is 0.100.